The number of hydrogen-bond donors (Lipinski definition) is 1. The van der Waals surface area contributed by atoms with E-state index in [2.05, 4.69) is 33.5 Å². The van der Waals surface area contributed by atoms with E-state index < -0.39 is 0 Å². The summed E-state index contributed by atoms with van der Waals surface area (Å²) in [6.07, 6.45) is 1.75. The monoisotopic (exact) mass is 380 g/mol. The number of halogens is 1. The zero-order valence-corrected chi connectivity index (χ0v) is 15.1. The van der Waals surface area contributed by atoms with E-state index in [9.17, 15) is 4.39 Å². The van der Waals surface area contributed by atoms with E-state index in [-0.39, 0.29) is 5.82 Å². The van der Waals surface area contributed by atoms with Crippen LogP contribution in [-0.4, -0.2) is 21.1 Å². The van der Waals surface area contributed by atoms with Gasteiger partial charge in [0, 0.05) is 15.3 Å². The van der Waals surface area contributed by atoms with Crippen molar-refractivity contribution in [2.45, 2.75) is 0 Å². The maximum Gasteiger partial charge on any atom is 0.216 e. The minimum atomic E-state index is -0.301. The topological polar surface area (TPSA) is 46.0 Å². The summed E-state index contributed by atoms with van der Waals surface area (Å²) in [6.45, 7) is 0. The van der Waals surface area contributed by atoms with Gasteiger partial charge in [0.2, 0.25) is 4.77 Å². The lowest BCUT2D eigenvalue weighted by Gasteiger charge is -2.00. The Morgan fingerprint density at radius 3 is 2.54 bits per heavy atom. The molecule has 4 aromatic rings. The third-order valence-corrected chi connectivity index (χ3v) is 5.07. The van der Waals surface area contributed by atoms with Gasteiger partial charge in [-0.1, -0.05) is 30.3 Å². The third kappa shape index (κ3) is 3.40. The van der Waals surface area contributed by atoms with Crippen LogP contribution in [0.15, 0.2) is 71.8 Å². The summed E-state index contributed by atoms with van der Waals surface area (Å²) in [6, 6.07) is 20.3. The second-order valence-electron chi connectivity index (χ2n) is 5.48. The number of hydrogen-bond acceptors (Lipinski definition) is 4. The SMILES string of the molecule is Fc1ccc(-c2n[nH]c(=S)n2/N=C\c2ccc(-c3ccccc3)s2)cc1. The highest BCUT2D eigenvalue weighted by Crippen LogP contribution is 2.27. The molecule has 0 atom stereocenters. The fraction of sp³-hybridized carbons (Fsp3) is 0. The molecular formula is C19H13FN4S2. The van der Waals surface area contributed by atoms with Gasteiger partial charge in [-0.3, -0.25) is 0 Å². The molecule has 2 heterocycles. The molecule has 2 aromatic heterocycles. The number of aromatic amines is 1. The van der Waals surface area contributed by atoms with Gasteiger partial charge in [0.05, 0.1) is 6.21 Å². The van der Waals surface area contributed by atoms with Gasteiger partial charge in [0.15, 0.2) is 5.82 Å². The number of aromatic nitrogens is 3. The molecule has 1 N–H and O–H groups in total. The van der Waals surface area contributed by atoms with Crippen LogP contribution in [0.5, 0.6) is 0 Å². The average molecular weight is 380 g/mol. The Kier molecular flexibility index (Phi) is 4.55. The molecule has 0 saturated heterocycles. The highest BCUT2D eigenvalue weighted by Gasteiger charge is 2.08. The Hall–Kier alpha value is -2.90. The van der Waals surface area contributed by atoms with E-state index in [1.807, 2.05) is 24.3 Å². The number of nitrogens with one attached hydrogen (secondary N) is 1. The van der Waals surface area contributed by atoms with Crippen LogP contribution in [0, 0.1) is 10.6 Å². The van der Waals surface area contributed by atoms with Crippen molar-refractivity contribution in [3.63, 3.8) is 0 Å². The summed E-state index contributed by atoms with van der Waals surface area (Å²) in [4.78, 5) is 2.17. The van der Waals surface area contributed by atoms with E-state index in [0.29, 0.717) is 10.6 Å². The van der Waals surface area contributed by atoms with Crippen molar-refractivity contribution < 1.29 is 4.39 Å². The fourth-order valence-electron chi connectivity index (χ4n) is 2.48. The highest BCUT2D eigenvalue weighted by molar-refractivity contribution is 7.71. The molecule has 0 spiro atoms. The number of rotatable bonds is 4. The molecule has 4 rings (SSSR count). The highest BCUT2D eigenvalue weighted by atomic mass is 32.1. The Morgan fingerprint density at radius 1 is 1.00 bits per heavy atom. The molecule has 0 aliphatic carbocycles. The predicted octanol–water partition coefficient (Wildman–Crippen LogP) is 5.36. The normalized spacial score (nSPS) is 11.3. The first-order chi connectivity index (χ1) is 12.7. The maximum absolute atomic E-state index is 13.1. The maximum atomic E-state index is 13.1. The van der Waals surface area contributed by atoms with Crippen LogP contribution >= 0.6 is 23.6 Å². The van der Waals surface area contributed by atoms with Crippen LogP contribution in [0.3, 0.4) is 0 Å². The Labute approximate surface area is 158 Å². The molecule has 2 aromatic carbocycles. The number of benzene rings is 2. The molecule has 26 heavy (non-hydrogen) atoms. The van der Waals surface area contributed by atoms with Crippen LogP contribution in [0.4, 0.5) is 4.39 Å². The van der Waals surface area contributed by atoms with Crippen LogP contribution in [0.25, 0.3) is 21.8 Å². The largest absolute Gasteiger partial charge is 0.250 e. The minimum Gasteiger partial charge on any atom is -0.250 e. The van der Waals surface area contributed by atoms with E-state index in [0.717, 1.165) is 10.4 Å². The van der Waals surface area contributed by atoms with Crippen molar-refractivity contribution >= 4 is 29.8 Å². The first-order valence-electron chi connectivity index (χ1n) is 7.84. The van der Waals surface area contributed by atoms with Crippen molar-refractivity contribution in [3.8, 4) is 21.8 Å². The Balaban J connectivity index is 1.64. The van der Waals surface area contributed by atoms with Crippen molar-refractivity contribution in [1.82, 2.24) is 14.9 Å². The predicted molar refractivity (Wildman–Crippen MR) is 106 cm³/mol. The molecular weight excluding hydrogens is 367 g/mol. The standard InChI is InChI=1S/C19H13FN4S2/c20-15-8-6-14(7-9-15)18-22-23-19(25)24(18)21-12-16-10-11-17(26-16)13-4-2-1-3-5-13/h1-12H,(H,23,25)/b21-12-. The summed E-state index contributed by atoms with van der Waals surface area (Å²) >= 11 is 6.90. The van der Waals surface area contributed by atoms with Gasteiger partial charge in [-0.15, -0.1) is 11.3 Å². The molecule has 128 valence electrons. The first kappa shape index (κ1) is 16.6. The van der Waals surface area contributed by atoms with Gasteiger partial charge < -0.3 is 0 Å². The van der Waals surface area contributed by atoms with Crippen molar-refractivity contribution in [3.05, 3.63) is 82.2 Å². The van der Waals surface area contributed by atoms with Crippen molar-refractivity contribution in [1.29, 1.82) is 0 Å². The molecule has 0 aliphatic heterocycles. The van der Waals surface area contributed by atoms with Crippen molar-refractivity contribution in [2.75, 3.05) is 0 Å². The second-order valence-corrected chi connectivity index (χ2v) is 6.99. The first-order valence-corrected chi connectivity index (χ1v) is 9.06. The second kappa shape index (κ2) is 7.15. The zero-order valence-electron chi connectivity index (χ0n) is 13.5. The van der Waals surface area contributed by atoms with Gasteiger partial charge in [0.1, 0.15) is 5.82 Å². The molecule has 0 saturated carbocycles. The van der Waals surface area contributed by atoms with Gasteiger partial charge in [-0.2, -0.15) is 14.9 Å². The van der Waals surface area contributed by atoms with Crippen molar-refractivity contribution in [2.24, 2.45) is 5.10 Å². The number of nitrogens with zero attached hydrogens (tertiary/aromatic N) is 3. The van der Waals surface area contributed by atoms with Gasteiger partial charge in [-0.25, -0.2) is 9.49 Å². The van der Waals surface area contributed by atoms with E-state index in [1.165, 1.54) is 27.2 Å². The van der Waals surface area contributed by atoms with Crippen LogP contribution in [0.1, 0.15) is 4.88 Å². The molecule has 0 aliphatic rings. The van der Waals surface area contributed by atoms with Crippen LogP contribution < -0.4 is 0 Å². The van der Waals surface area contributed by atoms with Gasteiger partial charge >= 0.3 is 0 Å². The lowest BCUT2D eigenvalue weighted by Crippen LogP contribution is -1.94. The van der Waals surface area contributed by atoms with E-state index in [1.54, 1.807) is 29.7 Å². The summed E-state index contributed by atoms with van der Waals surface area (Å²) in [5.41, 5.74) is 1.90. The lowest BCUT2D eigenvalue weighted by molar-refractivity contribution is 0.628. The smallest absolute Gasteiger partial charge is 0.216 e. The summed E-state index contributed by atoms with van der Waals surface area (Å²) < 4.78 is 15.0. The Bertz CT molecular complexity index is 1110. The molecule has 0 amide bonds. The van der Waals surface area contributed by atoms with Crippen LogP contribution in [-0.2, 0) is 0 Å². The van der Waals surface area contributed by atoms with Gasteiger partial charge in [0.25, 0.3) is 0 Å². The fourth-order valence-corrected chi connectivity index (χ4v) is 3.54. The molecule has 0 unspecified atom stereocenters. The summed E-state index contributed by atoms with van der Waals surface area (Å²) in [5, 5.41) is 11.4. The average Bonchev–Trinajstić information content (AvgIpc) is 3.28. The minimum absolute atomic E-state index is 0.301. The molecule has 7 heteroatoms. The Morgan fingerprint density at radius 2 is 1.77 bits per heavy atom. The third-order valence-electron chi connectivity index (χ3n) is 3.74. The number of thiophene rings is 1. The molecule has 0 bridgehead atoms. The quantitative estimate of drug-likeness (QED) is 0.383. The van der Waals surface area contributed by atoms with E-state index >= 15 is 0 Å². The zero-order chi connectivity index (χ0) is 17.9. The number of H-pyrrole nitrogens is 1. The van der Waals surface area contributed by atoms with Gasteiger partial charge in [-0.05, 0) is 54.2 Å². The van der Waals surface area contributed by atoms with Crippen LogP contribution in [0.2, 0.25) is 0 Å². The molecule has 0 fully saturated rings. The summed E-state index contributed by atoms with van der Waals surface area (Å²) in [5.74, 6) is 0.232. The lowest BCUT2D eigenvalue weighted by atomic mass is 10.2. The van der Waals surface area contributed by atoms with E-state index in [4.69, 9.17) is 12.2 Å². The summed E-state index contributed by atoms with van der Waals surface area (Å²) in [7, 11) is 0. The molecule has 4 nitrogen and oxygen atoms in total. The molecule has 0 radical (unpaired) electrons.